The normalized spacial score (nSPS) is 19.1. The number of hydrogen-bond donors (Lipinski definition) is 13. The first-order valence-electron chi connectivity index (χ1n) is 23.0. The Bertz CT molecular complexity index is 1770. The van der Waals surface area contributed by atoms with Gasteiger partial charge in [-0.25, -0.2) is 0 Å². The van der Waals surface area contributed by atoms with Crippen molar-refractivity contribution in [1.82, 2.24) is 42.1 Å². The Hall–Kier alpha value is -6.11. The second kappa shape index (κ2) is 28.8. The third-order valence-corrected chi connectivity index (χ3v) is 12.0. The van der Waals surface area contributed by atoms with Crippen LogP contribution in [0.4, 0.5) is 0 Å². The van der Waals surface area contributed by atoms with Gasteiger partial charge in [0.2, 0.25) is 59.1 Å². The van der Waals surface area contributed by atoms with E-state index in [0.717, 1.165) is 6.42 Å². The molecular weight excluding hydrogens is 877 g/mol. The molecule has 2 saturated heterocycles. The van der Waals surface area contributed by atoms with Crippen LogP contribution in [0, 0.1) is 11.8 Å². The molecule has 10 atom stereocenters. The van der Waals surface area contributed by atoms with Gasteiger partial charge in [-0.1, -0.05) is 40.5 Å². The number of aliphatic hydroxyl groups excluding tert-OH is 1. The van der Waals surface area contributed by atoms with E-state index in [2.05, 4.69) is 42.2 Å². The van der Waals surface area contributed by atoms with E-state index in [1.165, 1.54) is 4.90 Å². The fraction of sp³-hybridized carbons (Fsp3) is 0.738. The molecule has 0 aromatic carbocycles. The second-order valence-electron chi connectivity index (χ2n) is 17.3. The van der Waals surface area contributed by atoms with Crippen molar-refractivity contribution in [1.29, 1.82) is 0 Å². The molecule has 0 unspecified atom stereocenters. The first-order chi connectivity index (χ1) is 31.6. The van der Waals surface area contributed by atoms with E-state index in [-0.39, 0.29) is 64.0 Å². The summed E-state index contributed by atoms with van der Waals surface area (Å²) in [5, 5.41) is 28.6. The van der Waals surface area contributed by atoms with Crippen LogP contribution in [0.2, 0.25) is 0 Å². The molecule has 2 heterocycles. The summed E-state index contributed by atoms with van der Waals surface area (Å²) in [7, 11) is 0. The predicted molar refractivity (Wildman–Crippen MR) is 244 cm³/mol. The smallest absolute Gasteiger partial charge is 0.245 e. The molecule has 0 spiro atoms. The molecule has 0 aromatic rings. The lowest BCUT2D eigenvalue weighted by Gasteiger charge is -2.32. The zero-order chi connectivity index (χ0) is 50.4. The van der Waals surface area contributed by atoms with Gasteiger partial charge in [0.1, 0.15) is 36.3 Å². The van der Waals surface area contributed by atoms with Gasteiger partial charge in [-0.3, -0.25) is 52.9 Å². The number of carbonyl (C=O) groups is 10. The summed E-state index contributed by atoms with van der Waals surface area (Å²) in [5.74, 6) is -8.77. The molecular formula is C42H74N14O11. The monoisotopic (exact) mass is 951 g/mol. The van der Waals surface area contributed by atoms with Crippen molar-refractivity contribution in [3.8, 4) is 0 Å². The van der Waals surface area contributed by atoms with Gasteiger partial charge < -0.3 is 75.9 Å². The molecule has 0 saturated carbocycles. The summed E-state index contributed by atoms with van der Waals surface area (Å²) in [6.45, 7) is 7.18. The summed E-state index contributed by atoms with van der Waals surface area (Å²) in [6, 6.07) is -9.17. The number of hydrogen-bond acceptors (Lipinski definition) is 13. The van der Waals surface area contributed by atoms with Crippen LogP contribution < -0.4 is 65.9 Å². The number of amides is 10. The number of rotatable bonds is 30. The Morgan fingerprint density at radius 2 is 1.22 bits per heavy atom. The third-order valence-electron chi connectivity index (χ3n) is 12.0. The second-order valence-corrected chi connectivity index (χ2v) is 17.3. The standard InChI is InChI=1S/C42H74N14O11/c1-5-22(3)33(55-40(66)34(23(4)6-2)54-36(62)26(14-16-31(44)59)51-35(61)25-10-7-17-48-25)39(65)53-28(20-32(45)60)37(63)52-27(11-8-18-49-42(46)47)41(67)56-19-9-12-29(56)38(64)50-24(21-57)13-15-30(43)58/h22-29,33-34,48,57H,5-21H2,1-4H3,(H2,43,58)(H2,44,59)(H2,45,60)(H,50,64)(H,51,61)(H,52,63)(H,53,65)(H,54,62)(H,55,66)(H4,46,47,49)/t22-,23-,24-,25-,26-,27-,28-,29-,33-,34-/m0/s1. The number of nitrogens with one attached hydrogen (secondary N) is 7. The highest BCUT2D eigenvalue weighted by Gasteiger charge is 2.40. The van der Waals surface area contributed by atoms with Crippen molar-refractivity contribution >= 4 is 65.0 Å². The lowest BCUT2D eigenvalue weighted by Crippen LogP contribution is -2.62. The molecule has 67 heavy (non-hydrogen) atoms. The van der Waals surface area contributed by atoms with Crippen molar-refractivity contribution in [3.63, 3.8) is 0 Å². The number of carbonyl (C=O) groups excluding carboxylic acids is 10. The van der Waals surface area contributed by atoms with Gasteiger partial charge in [0.15, 0.2) is 5.96 Å². The summed E-state index contributed by atoms with van der Waals surface area (Å²) in [5.41, 5.74) is 27.1. The van der Waals surface area contributed by atoms with Gasteiger partial charge in [-0.2, -0.15) is 0 Å². The van der Waals surface area contributed by atoms with E-state index < -0.39 is 132 Å². The van der Waals surface area contributed by atoms with Gasteiger partial charge >= 0.3 is 0 Å². The molecule has 18 N–H and O–H groups in total. The molecule has 2 fully saturated rings. The lowest BCUT2D eigenvalue weighted by molar-refractivity contribution is -0.142. The van der Waals surface area contributed by atoms with E-state index in [1.807, 2.05) is 0 Å². The zero-order valence-electron chi connectivity index (χ0n) is 39.1. The highest BCUT2D eigenvalue weighted by molar-refractivity contribution is 5.99. The summed E-state index contributed by atoms with van der Waals surface area (Å²) < 4.78 is 0. The van der Waals surface area contributed by atoms with E-state index in [0.29, 0.717) is 32.2 Å². The van der Waals surface area contributed by atoms with Gasteiger partial charge in [0.05, 0.1) is 25.1 Å². The van der Waals surface area contributed by atoms with Crippen molar-refractivity contribution in [2.75, 3.05) is 26.2 Å². The van der Waals surface area contributed by atoms with Crippen LogP contribution in [0.1, 0.15) is 111 Å². The topological polar surface area (TPSA) is 421 Å². The van der Waals surface area contributed by atoms with Crippen molar-refractivity contribution < 1.29 is 53.1 Å². The minimum Gasteiger partial charge on any atom is -0.394 e. The largest absolute Gasteiger partial charge is 0.394 e. The fourth-order valence-corrected chi connectivity index (χ4v) is 7.67. The van der Waals surface area contributed by atoms with Crippen LogP contribution in [-0.2, 0) is 47.9 Å². The Balaban J connectivity index is 2.37. The minimum atomic E-state index is -1.66. The number of aliphatic hydroxyl groups is 1. The van der Waals surface area contributed by atoms with E-state index in [1.54, 1.807) is 27.7 Å². The summed E-state index contributed by atoms with van der Waals surface area (Å²) in [6.07, 6.45) is 1.65. The quantitative estimate of drug-likeness (QED) is 0.0183. The van der Waals surface area contributed by atoms with Crippen LogP contribution >= 0.6 is 0 Å². The Labute approximate surface area is 390 Å². The van der Waals surface area contributed by atoms with Crippen molar-refractivity contribution in [3.05, 3.63) is 0 Å². The van der Waals surface area contributed by atoms with Crippen LogP contribution in [0.15, 0.2) is 4.99 Å². The van der Waals surface area contributed by atoms with Crippen LogP contribution in [0.3, 0.4) is 0 Å². The van der Waals surface area contributed by atoms with Gasteiger partial charge in [-0.15, -0.1) is 0 Å². The SMILES string of the molecule is CC[C@H](C)[C@H](NC(=O)[C@H](CCC(N)=O)NC(=O)[C@@H]1CCCN1)C(=O)N[C@H](C(=O)N[C@@H](CC(N)=O)C(=O)N[C@@H](CCCN=C(N)N)C(=O)N1CCC[C@H]1C(=O)N[C@H](CO)CCC(N)=O)[C@@H](C)CC. The molecule has 0 radical (unpaired) electrons. The Morgan fingerprint density at radius 3 is 1.76 bits per heavy atom. The molecule has 378 valence electrons. The maximum atomic E-state index is 14.2. The molecule has 2 aliphatic rings. The predicted octanol–water partition coefficient (Wildman–Crippen LogP) is -4.82. The third kappa shape index (κ3) is 19.3. The van der Waals surface area contributed by atoms with E-state index in [4.69, 9.17) is 28.7 Å². The maximum absolute atomic E-state index is 14.2. The Morgan fingerprint density at radius 1 is 0.657 bits per heavy atom. The number of likely N-dealkylation sites (tertiary alicyclic amines) is 1. The molecule has 0 bridgehead atoms. The zero-order valence-corrected chi connectivity index (χ0v) is 39.1. The average Bonchev–Trinajstić information content (AvgIpc) is 4.01. The highest BCUT2D eigenvalue weighted by Crippen LogP contribution is 2.21. The highest BCUT2D eigenvalue weighted by atomic mass is 16.3. The van der Waals surface area contributed by atoms with Crippen molar-refractivity contribution in [2.24, 2.45) is 45.5 Å². The van der Waals surface area contributed by atoms with Gasteiger partial charge in [0.25, 0.3) is 0 Å². The number of nitrogens with two attached hydrogens (primary N) is 5. The van der Waals surface area contributed by atoms with Crippen LogP contribution in [0.5, 0.6) is 0 Å². The van der Waals surface area contributed by atoms with Crippen LogP contribution in [-0.4, -0.2) is 150 Å². The maximum Gasteiger partial charge on any atom is 0.245 e. The Kier molecular flexibility index (Phi) is 24.5. The number of aliphatic imine (C=N–C) groups is 1. The molecule has 2 aliphatic heterocycles. The minimum absolute atomic E-state index is 0.0554. The van der Waals surface area contributed by atoms with E-state index >= 15 is 0 Å². The average molecular weight is 951 g/mol. The van der Waals surface area contributed by atoms with Crippen molar-refractivity contribution in [2.45, 2.75) is 160 Å². The lowest BCUT2D eigenvalue weighted by atomic mass is 9.94. The first kappa shape index (κ1) is 57.0. The molecule has 0 aliphatic carbocycles. The molecule has 10 amide bonds. The molecule has 2 rings (SSSR count). The molecule has 25 heteroatoms. The summed E-state index contributed by atoms with van der Waals surface area (Å²) >= 11 is 0. The van der Waals surface area contributed by atoms with E-state index in [9.17, 15) is 53.1 Å². The van der Waals surface area contributed by atoms with Crippen LogP contribution in [0.25, 0.3) is 0 Å². The first-order valence-corrected chi connectivity index (χ1v) is 23.0. The molecule has 25 nitrogen and oxygen atoms in total. The number of nitrogens with zero attached hydrogens (tertiary/aromatic N) is 2. The fourth-order valence-electron chi connectivity index (χ4n) is 7.67. The van der Waals surface area contributed by atoms with Gasteiger partial charge in [0, 0.05) is 25.9 Å². The molecule has 0 aromatic heterocycles. The summed E-state index contributed by atoms with van der Waals surface area (Å²) in [4.78, 5) is 137. The number of primary amides is 3. The van der Waals surface area contributed by atoms with Gasteiger partial charge in [-0.05, 0) is 69.7 Å². The number of guanidine groups is 1.